The summed E-state index contributed by atoms with van der Waals surface area (Å²) in [6.07, 6.45) is -13.7. The van der Waals surface area contributed by atoms with Crippen molar-refractivity contribution in [1.29, 1.82) is 5.26 Å². The predicted molar refractivity (Wildman–Crippen MR) is 141 cm³/mol. The number of nitro benzene ring substituents is 1. The standard InChI is InChI=1S/C28H19F9N4O4/c1-14-10-18(25(29,27(32,33)34)26(30,31)28(35,36)37)11-15(2)21(14)39-23(42)19-8-5-9-20(22(19)41(44)45)40(3)24(43)17-7-4-6-16(12-17)13-38/h4-12H,1-3H3,(H,39,42). The van der Waals surface area contributed by atoms with Crippen molar-refractivity contribution in [2.45, 2.75) is 37.8 Å². The van der Waals surface area contributed by atoms with Gasteiger partial charge in [0.1, 0.15) is 11.3 Å². The molecule has 1 N–H and O–H groups in total. The molecule has 8 nitrogen and oxygen atoms in total. The van der Waals surface area contributed by atoms with Crippen molar-refractivity contribution in [3.05, 3.63) is 98.1 Å². The third-order valence-corrected chi connectivity index (χ3v) is 6.69. The number of nitriles is 1. The van der Waals surface area contributed by atoms with Crippen molar-refractivity contribution in [2.24, 2.45) is 0 Å². The average molecular weight is 646 g/mol. The van der Waals surface area contributed by atoms with Gasteiger partial charge in [0.05, 0.1) is 16.6 Å². The minimum Gasteiger partial charge on any atom is -0.321 e. The summed E-state index contributed by atoms with van der Waals surface area (Å²) in [5.74, 6) is -9.02. The molecule has 0 radical (unpaired) electrons. The zero-order chi connectivity index (χ0) is 34.3. The molecule has 0 aliphatic rings. The molecule has 0 aromatic heterocycles. The van der Waals surface area contributed by atoms with Crippen molar-refractivity contribution >= 4 is 28.9 Å². The summed E-state index contributed by atoms with van der Waals surface area (Å²) >= 11 is 0. The van der Waals surface area contributed by atoms with E-state index in [0.29, 0.717) is 0 Å². The predicted octanol–water partition coefficient (Wildman–Crippen LogP) is 7.54. The summed E-state index contributed by atoms with van der Waals surface area (Å²) in [5, 5.41) is 23.3. The molecule has 0 aliphatic carbocycles. The Hall–Kier alpha value is -5.14. The number of para-hydroxylation sites is 1. The molecule has 1 unspecified atom stereocenters. The summed E-state index contributed by atoms with van der Waals surface area (Å²) in [4.78, 5) is 38.1. The highest BCUT2D eigenvalue weighted by Crippen LogP contribution is 2.58. The molecule has 0 saturated carbocycles. The smallest absolute Gasteiger partial charge is 0.321 e. The lowest BCUT2D eigenvalue weighted by atomic mass is 9.85. The normalized spacial score (nSPS) is 13.4. The zero-order valence-electron chi connectivity index (χ0n) is 23.1. The lowest BCUT2D eigenvalue weighted by Crippen LogP contribution is -2.59. The average Bonchev–Trinajstić information content (AvgIpc) is 2.95. The molecule has 3 aromatic rings. The number of hydrogen-bond acceptors (Lipinski definition) is 5. The first-order chi connectivity index (χ1) is 20.6. The van der Waals surface area contributed by atoms with Gasteiger partial charge in [-0.15, -0.1) is 0 Å². The van der Waals surface area contributed by atoms with Crippen LogP contribution in [0.5, 0.6) is 0 Å². The third kappa shape index (κ3) is 5.99. The Morgan fingerprint density at radius 1 is 0.889 bits per heavy atom. The van der Waals surface area contributed by atoms with Crippen molar-refractivity contribution in [2.75, 3.05) is 17.3 Å². The molecule has 2 amide bonds. The lowest BCUT2D eigenvalue weighted by Gasteiger charge is -2.36. The van der Waals surface area contributed by atoms with E-state index in [1.807, 2.05) is 6.07 Å². The van der Waals surface area contributed by atoms with E-state index in [2.05, 4.69) is 5.32 Å². The third-order valence-electron chi connectivity index (χ3n) is 6.69. The number of rotatable bonds is 7. The Morgan fingerprint density at radius 3 is 1.93 bits per heavy atom. The largest absolute Gasteiger partial charge is 0.457 e. The SMILES string of the molecule is Cc1cc(C(F)(C(F)(F)F)C(F)(F)C(F)(F)F)cc(C)c1NC(=O)c1cccc(N(C)C(=O)c2cccc(C#N)c2)c1[N+](=O)[O-]. The molecule has 0 aliphatic heterocycles. The summed E-state index contributed by atoms with van der Waals surface area (Å²) < 4.78 is 122. The van der Waals surface area contributed by atoms with Crippen LogP contribution in [0.1, 0.15) is 43.0 Å². The van der Waals surface area contributed by atoms with Gasteiger partial charge in [-0.05, 0) is 55.3 Å². The van der Waals surface area contributed by atoms with Crippen LogP contribution >= 0.6 is 0 Å². The van der Waals surface area contributed by atoms with Gasteiger partial charge in [0.2, 0.25) is 0 Å². The van der Waals surface area contributed by atoms with E-state index in [1.165, 1.54) is 24.3 Å². The molecule has 45 heavy (non-hydrogen) atoms. The molecule has 3 aromatic carbocycles. The zero-order valence-corrected chi connectivity index (χ0v) is 23.1. The topological polar surface area (TPSA) is 116 Å². The summed E-state index contributed by atoms with van der Waals surface area (Å²) in [6, 6.07) is 10.5. The second-order valence-corrected chi connectivity index (χ2v) is 9.65. The van der Waals surface area contributed by atoms with E-state index in [-0.39, 0.29) is 23.3 Å². The van der Waals surface area contributed by atoms with Crippen LogP contribution in [0, 0.1) is 35.3 Å². The monoisotopic (exact) mass is 646 g/mol. The van der Waals surface area contributed by atoms with Gasteiger partial charge in [0.25, 0.3) is 11.8 Å². The number of aryl methyl sites for hydroxylation is 2. The van der Waals surface area contributed by atoms with Crippen LogP contribution in [0.15, 0.2) is 54.6 Å². The molecular weight excluding hydrogens is 627 g/mol. The fourth-order valence-corrected chi connectivity index (χ4v) is 4.46. The van der Waals surface area contributed by atoms with Gasteiger partial charge in [-0.2, -0.15) is 40.4 Å². The van der Waals surface area contributed by atoms with Crippen molar-refractivity contribution in [3.63, 3.8) is 0 Å². The molecular formula is C28H19F9N4O4. The molecule has 0 fully saturated rings. The fraction of sp³-hybridized carbons (Fsp3) is 0.250. The Labute approximate surface area is 247 Å². The van der Waals surface area contributed by atoms with E-state index in [0.717, 1.165) is 44.0 Å². The van der Waals surface area contributed by atoms with Gasteiger partial charge in [0.15, 0.2) is 0 Å². The highest BCUT2D eigenvalue weighted by Gasteiger charge is 2.81. The first kappa shape index (κ1) is 34.4. The first-order valence-corrected chi connectivity index (χ1v) is 12.3. The number of nitro groups is 1. The molecule has 1 atom stereocenters. The second-order valence-electron chi connectivity index (χ2n) is 9.65. The number of amides is 2. The maximum Gasteiger partial charge on any atom is 0.457 e. The molecule has 3 rings (SSSR count). The Bertz CT molecular complexity index is 1710. The lowest BCUT2D eigenvalue weighted by molar-refractivity contribution is -0.389. The van der Waals surface area contributed by atoms with Gasteiger partial charge in [-0.25, -0.2) is 4.39 Å². The van der Waals surface area contributed by atoms with E-state index in [9.17, 15) is 54.8 Å². The molecule has 17 heteroatoms. The number of hydrogen-bond donors (Lipinski definition) is 1. The number of nitrogens with zero attached hydrogens (tertiary/aromatic N) is 3. The van der Waals surface area contributed by atoms with Crippen LogP contribution in [0.4, 0.5) is 56.6 Å². The number of anilines is 2. The van der Waals surface area contributed by atoms with Gasteiger partial charge < -0.3 is 10.2 Å². The molecule has 0 spiro atoms. The van der Waals surface area contributed by atoms with Crippen LogP contribution in [0.3, 0.4) is 0 Å². The Kier molecular flexibility index (Phi) is 8.97. The second kappa shape index (κ2) is 11.7. The highest BCUT2D eigenvalue weighted by molar-refractivity contribution is 6.12. The quantitative estimate of drug-likeness (QED) is 0.162. The number of nitrogens with one attached hydrogen (secondary N) is 1. The minimum atomic E-state index is -6.94. The Balaban J connectivity index is 2.08. The Morgan fingerprint density at radius 2 is 1.44 bits per heavy atom. The van der Waals surface area contributed by atoms with E-state index < -0.39 is 80.0 Å². The van der Waals surface area contributed by atoms with Crippen molar-refractivity contribution < 1.29 is 54.0 Å². The fourth-order valence-electron chi connectivity index (χ4n) is 4.46. The van der Waals surface area contributed by atoms with Crippen molar-refractivity contribution in [3.8, 4) is 6.07 Å². The number of halogens is 9. The van der Waals surface area contributed by atoms with E-state index in [1.54, 1.807) is 0 Å². The number of carbonyl (C=O) groups is 2. The summed E-state index contributed by atoms with van der Waals surface area (Å²) in [5.41, 5.74) is -11.9. The molecule has 0 bridgehead atoms. The van der Waals surface area contributed by atoms with Crippen LogP contribution in [0.25, 0.3) is 0 Å². The van der Waals surface area contributed by atoms with E-state index in [4.69, 9.17) is 5.26 Å². The molecule has 0 heterocycles. The van der Waals surface area contributed by atoms with Gasteiger partial charge >= 0.3 is 29.6 Å². The first-order valence-electron chi connectivity index (χ1n) is 12.3. The van der Waals surface area contributed by atoms with Crippen LogP contribution in [-0.2, 0) is 5.67 Å². The summed E-state index contributed by atoms with van der Waals surface area (Å²) in [7, 11) is 1.14. The maximum atomic E-state index is 15.0. The highest BCUT2D eigenvalue weighted by atomic mass is 19.4. The number of carbonyl (C=O) groups excluding carboxylic acids is 2. The maximum absolute atomic E-state index is 15.0. The van der Waals surface area contributed by atoms with Crippen LogP contribution < -0.4 is 10.2 Å². The molecule has 0 saturated heterocycles. The van der Waals surface area contributed by atoms with Crippen LogP contribution in [-0.4, -0.2) is 42.1 Å². The summed E-state index contributed by atoms with van der Waals surface area (Å²) in [6.45, 7) is 1.75. The van der Waals surface area contributed by atoms with E-state index >= 15 is 4.39 Å². The number of benzene rings is 3. The van der Waals surface area contributed by atoms with Crippen molar-refractivity contribution in [1.82, 2.24) is 0 Å². The van der Waals surface area contributed by atoms with Gasteiger partial charge in [-0.1, -0.05) is 24.3 Å². The minimum absolute atomic E-state index is 0.0362. The van der Waals surface area contributed by atoms with Gasteiger partial charge in [-0.3, -0.25) is 19.7 Å². The van der Waals surface area contributed by atoms with Crippen LogP contribution in [0.2, 0.25) is 0 Å². The van der Waals surface area contributed by atoms with Gasteiger partial charge in [0, 0.05) is 23.9 Å². The molecule has 238 valence electrons. The number of alkyl halides is 9.